The van der Waals surface area contributed by atoms with Crippen molar-refractivity contribution in [2.24, 2.45) is 0 Å². The third kappa shape index (κ3) is 7.41. The predicted octanol–water partition coefficient (Wildman–Crippen LogP) is 5.97. The smallest absolute Gasteiger partial charge is 0.272 e. The van der Waals surface area contributed by atoms with Crippen molar-refractivity contribution in [2.75, 3.05) is 23.8 Å². The molecular weight excluding hydrogens is 554 g/mol. The minimum atomic E-state index is -0.527. The second-order valence-electron chi connectivity index (χ2n) is 9.24. The fraction of sp³-hybridized carbons (Fsp3) is 0.156. The van der Waals surface area contributed by atoms with Crippen LogP contribution in [0.2, 0.25) is 0 Å². The maximum Gasteiger partial charge on any atom is 0.272 e. The lowest BCUT2D eigenvalue weighted by molar-refractivity contribution is -0.116. The zero-order valence-corrected chi connectivity index (χ0v) is 23.6. The number of benzene rings is 3. The van der Waals surface area contributed by atoms with Gasteiger partial charge in [0.05, 0.1) is 11.5 Å². The Bertz CT molecular complexity index is 1590. The van der Waals surface area contributed by atoms with E-state index in [1.807, 2.05) is 13.0 Å². The molecule has 9 nitrogen and oxygen atoms in total. The number of thioether (sulfide) groups is 1. The molecule has 0 saturated heterocycles. The number of carbonyl (C=O) groups is 3. The number of hydrogen-bond donors (Lipinski definition) is 3. The summed E-state index contributed by atoms with van der Waals surface area (Å²) >= 11 is 1.39. The van der Waals surface area contributed by atoms with Crippen LogP contribution in [0.4, 0.5) is 11.4 Å². The van der Waals surface area contributed by atoms with Gasteiger partial charge in [-0.05, 0) is 61.0 Å². The number of rotatable bonds is 10. The van der Waals surface area contributed by atoms with Crippen molar-refractivity contribution < 1.29 is 28.3 Å². The molecule has 42 heavy (non-hydrogen) atoms. The zero-order chi connectivity index (χ0) is 29.3. The zero-order valence-electron chi connectivity index (χ0n) is 22.8. The van der Waals surface area contributed by atoms with Crippen LogP contribution >= 0.6 is 11.8 Å². The standard InChI is InChI=1S/C32H29N3O6S/c1-2-29(32(38)34-23-13-14-27-28(19-23)41-17-16-40-27)42-25-12-6-10-22(18-25)33-31(37)26(20-24-11-7-15-39-24)35-30(36)21-8-4-3-5-9-21/h3-15,18-20,29H,2,16-17H2,1H3,(H,33,37)(H,34,38)(H,35,36)/b26-20-. The van der Waals surface area contributed by atoms with E-state index in [1.54, 1.807) is 78.9 Å². The Morgan fingerprint density at radius 3 is 2.40 bits per heavy atom. The van der Waals surface area contributed by atoms with Gasteiger partial charge in [-0.1, -0.05) is 31.2 Å². The molecule has 1 aliphatic heterocycles. The van der Waals surface area contributed by atoms with Crippen LogP contribution < -0.4 is 25.4 Å². The van der Waals surface area contributed by atoms with E-state index in [0.29, 0.717) is 53.8 Å². The quantitative estimate of drug-likeness (QED) is 0.155. The predicted molar refractivity (Wildman–Crippen MR) is 162 cm³/mol. The number of anilines is 2. The van der Waals surface area contributed by atoms with Crippen molar-refractivity contribution in [3.8, 4) is 11.5 Å². The van der Waals surface area contributed by atoms with Crippen molar-refractivity contribution in [3.05, 3.63) is 108 Å². The third-order valence-corrected chi connectivity index (χ3v) is 7.56. The van der Waals surface area contributed by atoms with Crippen LogP contribution in [0.1, 0.15) is 29.5 Å². The van der Waals surface area contributed by atoms with Gasteiger partial charge < -0.3 is 29.8 Å². The lowest BCUT2D eigenvalue weighted by Crippen LogP contribution is -2.30. The summed E-state index contributed by atoms with van der Waals surface area (Å²) in [6.45, 7) is 2.90. The van der Waals surface area contributed by atoms with Crippen LogP contribution in [0.5, 0.6) is 11.5 Å². The molecule has 0 spiro atoms. The minimum absolute atomic E-state index is 0.0158. The molecule has 0 saturated carbocycles. The highest BCUT2D eigenvalue weighted by atomic mass is 32.2. The maximum atomic E-state index is 13.3. The molecule has 10 heteroatoms. The molecule has 3 aromatic carbocycles. The van der Waals surface area contributed by atoms with Crippen LogP contribution in [0.3, 0.4) is 0 Å². The Hall–Kier alpha value is -4.96. The molecule has 1 aromatic heterocycles. The van der Waals surface area contributed by atoms with Gasteiger partial charge in [0.15, 0.2) is 11.5 Å². The number of ether oxygens (including phenoxy) is 2. The highest BCUT2D eigenvalue weighted by Crippen LogP contribution is 2.34. The van der Waals surface area contributed by atoms with Crippen molar-refractivity contribution in [1.29, 1.82) is 0 Å². The summed E-state index contributed by atoms with van der Waals surface area (Å²) in [5, 5.41) is 8.09. The van der Waals surface area contributed by atoms with E-state index < -0.39 is 11.8 Å². The molecule has 0 fully saturated rings. The number of amides is 3. The van der Waals surface area contributed by atoms with Crippen molar-refractivity contribution in [2.45, 2.75) is 23.5 Å². The molecule has 5 rings (SSSR count). The van der Waals surface area contributed by atoms with Crippen LogP contribution in [0.25, 0.3) is 6.08 Å². The molecule has 0 radical (unpaired) electrons. The van der Waals surface area contributed by atoms with Gasteiger partial charge in [-0.2, -0.15) is 0 Å². The summed E-state index contributed by atoms with van der Waals surface area (Å²) in [5.74, 6) is 0.558. The first-order chi connectivity index (χ1) is 20.5. The third-order valence-electron chi connectivity index (χ3n) is 6.20. The molecule has 214 valence electrons. The average molecular weight is 584 g/mol. The molecule has 0 aliphatic carbocycles. The maximum absolute atomic E-state index is 13.3. The number of furan rings is 1. The van der Waals surface area contributed by atoms with Gasteiger partial charge in [-0.3, -0.25) is 14.4 Å². The second-order valence-corrected chi connectivity index (χ2v) is 10.5. The van der Waals surface area contributed by atoms with Crippen LogP contribution in [-0.4, -0.2) is 36.2 Å². The van der Waals surface area contributed by atoms with Gasteiger partial charge in [0.2, 0.25) is 5.91 Å². The van der Waals surface area contributed by atoms with Gasteiger partial charge >= 0.3 is 0 Å². The highest BCUT2D eigenvalue weighted by Gasteiger charge is 2.21. The summed E-state index contributed by atoms with van der Waals surface area (Å²) in [4.78, 5) is 40.0. The van der Waals surface area contributed by atoms with E-state index in [2.05, 4.69) is 16.0 Å². The van der Waals surface area contributed by atoms with Crippen molar-refractivity contribution in [3.63, 3.8) is 0 Å². The number of hydrogen-bond acceptors (Lipinski definition) is 7. The molecule has 4 aromatic rings. The van der Waals surface area contributed by atoms with E-state index in [0.717, 1.165) is 4.90 Å². The Balaban J connectivity index is 1.26. The second kappa shape index (κ2) is 13.6. The fourth-order valence-corrected chi connectivity index (χ4v) is 5.15. The molecule has 1 atom stereocenters. The molecule has 2 heterocycles. The summed E-state index contributed by atoms with van der Waals surface area (Å²) in [5.41, 5.74) is 1.56. The molecule has 0 bridgehead atoms. The van der Waals surface area contributed by atoms with E-state index in [-0.39, 0.29) is 16.9 Å². The van der Waals surface area contributed by atoms with Crippen LogP contribution in [-0.2, 0) is 9.59 Å². The minimum Gasteiger partial charge on any atom is -0.486 e. The Morgan fingerprint density at radius 1 is 0.857 bits per heavy atom. The van der Waals surface area contributed by atoms with Gasteiger partial charge in [-0.25, -0.2) is 0 Å². The monoisotopic (exact) mass is 583 g/mol. The van der Waals surface area contributed by atoms with Crippen molar-refractivity contribution in [1.82, 2.24) is 5.32 Å². The molecule has 1 unspecified atom stereocenters. The van der Waals surface area contributed by atoms with Crippen molar-refractivity contribution >= 4 is 46.9 Å². The molecular formula is C32H29N3O6S. The van der Waals surface area contributed by atoms with Gasteiger partial charge in [0.1, 0.15) is 24.7 Å². The number of nitrogens with one attached hydrogen (secondary N) is 3. The van der Waals surface area contributed by atoms with E-state index in [1.165, 1.54) is 24.1 Å². The molecule has 3 N–H and O–H groups in total. The summed E-state index contributed by atoms with van der Waals surface area (Å²) in [7, 11) is 0. The first-order valence-corrected chi connectivity index (χ1v) is 14.3. The first kappa shape index (κ1) is 28.6. The normalized spacial score (nSPS) is 13.1. The molecule has 1 aliphatic rings. The largest absolute Gasteiger partial charge is 0.486 e. The lowest BCUT2D eigenvalue weighted by Gasteiger charge is -2.20. The first-order valence-electron chi connectivity index (χ1n) is 13.4. The van der Waals surface area contributed by atoms with E-state index in [9.17, 15) is 14.4 Å². The Labute approximate surface area is 247 Å². The Morgan fingerprint density at radius 2 is 1.64 bits per heavy atom. The number of carbonyl (C=O) groups excluding carboxylic acids is 3. The summed E-state index contributed by atoms with van der Waals surface area (Å²) in [6.07, 6.45) is 3.53. The highest BCUT2D eigenvalue weighted by molar-refractivity contribution is 8.00. The van der Waals surface area contributed by atoms with Gasteiger partial charge in [-0.15, -0.1) is 11.8 Å². The number of fused-ring (bicyclic) bond motifs is 1. The van der Waals surface area contributed by atoms with E-state index >= 15 is 0 Å². The van der Waals surface area contributed by atoms with E-state index in [4.69, 9.17) is 13.9 Å². The van der Waals surface area contributed by atoms with Gasteiger partial charge in [0.25, 0.3) is 11.8 Å². The molecule has 3 amide bonds. The summed E-state index contributed by atoms with van der Waals surface area (Å²) < 4.78 is 16.5. The van der Waals surface area contributed by atoms with Gasteiger partial charge in [0, 0.05) is 34.0 Å². The SMILES string of the molecule is CCC(Sc1cccc(NC(=O)/C(=C/c2ccco2)NC(=O)c2ccccc2)c1)C(=O)Nc1ccc2c(c1)OCCO2. The topological polar surface area (TPSA) is 119 Å². The summed E-state index contributed by atoms with van der Waals surface area (Å²) in [6, 6.07) is 24.5. The average Bonchev–Trinajstić information content (AvgIpc) is 3.53. The van der Waals surface area contributed by atoms with Crippen LogP contribution in [0, 0.1) is 0 Å². The van der Waals surface area contributed by atoms with Crippen LogP contribution in [0.15, 0.2) is 106 Å². The lowest BCUT2D eigenvalue weighted by atomic mass is 10.2. The Kier molecular flexibility index (Phi) is 9.25. The fourth-order valence-electron chi connectivity index (χ4n) is 4.13.